The molecule has 1 aromatic carbocycles. The highest BCUT2D eigenvalue weighted by atomic mass is 16.7. The second kappa shape index (κ2) is 3.08. The summed E-state index contributed by atoms with van der Waals surface area (Å²) in [6, 6.07) is 4.53. The molecular weight excluding hydrogens is 160 g/mol. The summed E-state index contributed by atoms with van der Waals surface area (Å²) in [4.78, 5) is 10.0. The number of benzene rings is 1. The molecule has 0 aliphatic rings. The molecule has 0 bridgehead atoms. The Balaban J connectivity index is 3.00. The molecule has 0 spiro atoms. The Kier molecular flexibility index (Phi) is 2.14. The Labute approximate surface area is 68.8 Å². The highest BCUT2D eigenvalue weighted by Crippen LogP contribution is 2.23. The third-order valence-corrected chi connectivity index (χ3v) is 1.52. The Hall–Kier alpha value is -1.78. The second-order valence-electron chi connectivity index (χ2n) is 2.32. The standard InChI is InChI=1S/C7H8N2O3/c1-5-6(8-9(11)12)3-2-4-7(5)10/h2-4,8,10H,1H3. The number of aromatic hydroxyl groups is 1. The number of nitro groups is 1. The van der Waals surface area contributed by atoms with Gasteiger partial charge in [-0.05, 0) is 19.1 Å². The van der Waals surface area contributed by atoms with Crippen LogP contribution in [0.3, 0.4) is 0 Å². The minimum Gasteiger partial charge on any atom is -0.508 e. The SMILES string of the molecule is Cc1c(O)cccc1N[N+](=O)[O-]. The van der Waals surface area contributed by atoms with Crippen molar-refractivity contribution in [1.82, 2.24) is 0 Å². The first kappa shape index (κ1) is 8.32. The van der Waals surface area contributed by atoms with Gasteiger partial charge in [0.05, 0.1) is 0 Å². The molecule has 1 rings (SSSR count). The van der Waals surface area contributed by atoms with Crippen molar-refractivity contribution in [2.75, 3.05) is 5.43 Å². The number of hydrazine groups is 1. The maximum atomic E-state index is 10.0. The Morgan fingerprint density at radius 1 is 1.58 bits per heavy atom. The lowest BCUT2D eigenvalue weighted by Crippen LogP contribution is -2.08. The van der Waals surface area contributed by atoms with Gasteiger partial charge in [-0.25, -0.2) is 10.1 Å². The van der Waals surface area contributed by atoms with Crippen LogP contribution >= 0.6 is 0 Å². The van der Waals surface area contributed by atoms with E-state index in [9.17, 15) is 10.1 Å². The number of hydrogen-bond acceptors (Lipinski definition) is 3. The fraction of sp³-hybridized carbons (Fsp3) is 0.143. The molecule has 0 unspecified atom stereocenters. The molecule has 0 aliphatic heterocycles. The monoisotopic (exact) mass is 168 g/mol. The van der Waals surface area contributed by atoms with Crippen molar-refractivity contribution in [3.05, 3.63) is 33.9 Å². The maximum Gasteiger partial charge on any atom is 0.162 e. The number of nitrogens with one attached hydrogen (secondary N) is 1. The maximum absolute atomic E-state index is 10.0. The first-order valence-electron chi connectivity index (χ1n) is 3.31. The Morgan fingerprint density at radius 2 is 2.25 bits per heavy atom. The van der Waals surface area contributed by atoms with Gasteiger partial charge in [0.1, 0.15) is 11.4 Å². The van der Waals surface area contributed by atoms with Crippen LogP contribution in [0.4, 0.5) is 5.69 Å². The topological polar surface area (TPSA) is 75.4 Å². The normalized spacial score (nSPS) is 9.42. The summed E-state index contributed by atoms with van der Waals surface area (Å²) >= 11 is 0. The van der Waals surface area contributed by atoms with Crippen molar-refractivity contribution in [2.24, 2.45) is 0 Å². The quantitative estimate of drug-likeness (QED) is 0.515. The Bertz CT molecular complexity index is 312. The fourth-order valence-corrected chi connectivity index (χ4v) is 0.843. The molecule has 2 N–H and O–H groups in total. The van der Waals surface area contributed by atoms with Crippen molar-refractivity contribution in [3.8, 4) is 5.75 Å². The minimum absolute atomic E-state index is 0.0434. The third-order valence-electron chi connectivity index (χ3n) is 1.52. The molecule has 0 saturated heterocycles. The molecule has 0 saturated carbocycles. The largest absolute Gasteiger partial charge is 0.508 e. The van der Waals surface area contributed by atoms with Crippen LogP contribution in [0.5, 0.6) is 5.75 Å². The van der Waals surface area contributed by atoms with Crippen molar-refractivity contribution < 1.29 is 10.1 Å². The molecule has 0 fully saturated rings. The summed E-state index contributed by atoms with van der Waals surface area (Å²) in [5.41, 5.74) is 2.75. The number of nitrogens with zero attached hydrogens (tertiary/aromatic N) is 1. The molecule has 64 valence electrons. The van der Waals surface area contributed by atoms with Crippen LogP contribution in [-0.2, 0) is 0 Å². The lowest BCUT2D eigenvalue weighted by molar-refractivity contribution is -0.445. The van der Waals surface area contributed by atoms with Crippen LogP contribution in [0.1, 0.15) is 5.56 Å². The van der Waals surface area contributed by atoms with Crippen molar-refractivity contribution in [1.29, 1.82) is 0 Å². The van der Waals surface area contributed by atoms with Gasteiger partial charge in [0, 0.05) is 5.56 Å². The van der Waals surface area contributed by atoms with Crippen molar-refractivity contribution >= 4 is 5.69 Å². The summed E-state index contributed by atoms with van der Waals surface area (Å²) in [5.74, 6) is 0.0434. The lowest BCUT2D eigenvalue weighted by atomic mass is 10.2. The van der Waals surface area contributed by atoms with E-state index >= 15 is 0 Å². The molecule has 5 heteroatoms. The van der Waals surface area contributed by atoms with Gasteiger partial charge in [0.2, 0.25) is 0 Å². The van der Waals surface area contributed by atoms with E-state index in [0.717, 1.165) is 0 Å². The van der Waals surface area contributed by atoms with Crippen LogP contribution in [-0.4, -0.2) is 10.1 Å². The molecular formula is C7H8N2O3. The van der Waals surface area contributed by atoms with E-state index in [-0.39, 0.29) is 5.75 Å². The lowest BCUT2D eigenvalue weighted by Gasteiger charge is -2.02. The predicted molar refractivity (Wildman–Crippen MR) is 43.5 cm³/mol. The average molecular weight is 168 g/mol. The number of phenols is 1. The second-order valence-corrected chi connectivity index (χ2v) is 2.32. The molecule has 0 aliphatic carbocycles. The van der Waals surface area contributed by atoms with Gasteiger partial charge < -0.3 is 5.11 Å². The smallest absolute Gasteiger partial charge is 0.162 e. The molecule has 0 heterocycles. The van der Waals surface area contributed by atoms with E-state index in [0.29, 0.717) is 11.3 Å². The minimum atomic E-state index is -0.665. The van der Waals surface area contributed by atoms with Gasteiger partial charge in [-0.1, -0.05) is 6.07 Å². The van der Waals surface area contributed by atoms with Crippen LogP contribution in [0, 0.1) is 17.0 Å². The van der Waals surface area contributed by atoms with Crippen LogP contribution in [0.15, 0.2) is 18.2 Å². The van der Waals surface area contributed by atoms with Crippen molar-refractivity contribution in [3.63, 3.8) is 0 Å². The number of anilines is 1. The summed E-state index contributed by atoms with van der Waals surface area (Å²) in [6.07, 6.45) is 0. The zero-order chi connectivity index (χ0) is 9.14. The summed E-state index contributed by atoms with van der Waals surface area (Å²) in [7, 11) is 0. The summed E-state index contributed by atoms with van der Waals surface area (Å²) < 4.78 is 0. The molecule has 1 aromatic rings. The van der Waals surface area contributed by atoms with E-state index in [4.69, 9.17) is 5.11 Å². The summed E-state index contributed by atoms with van der Waals surface area (Å²) in [5, 5.41) is 18.5. The zero-order valence-corrected chi connectivity index (χ0v) is 6.44. The van der Waals surface area contributed by atoms with Gasteiger partial charge in [0.15, 0.2) is 5.03 Å². The highest BCUT2D eigenvalue weighted by molar-refractivity contribution is 5.54. The van der Waals surface area contributed by atoms with Gasteiger partial charge in [-0.2, -0.15) is 0 Å². The Morgan fingerprint density at radius 3 is 2.83 bits per heavy atom. The number of phenolic OH excluding ortho intramolecular Hbond substituents is 1. The van der Waals surface area contributed by atoms with Crippen LogP contribution < -0.4 is 5.43 Å². The average Bonchev–Trinajstić information content (AvgIpc) is 1.98. The first-order chi connectivity index (χ1) is 5.61. The van der Waals surface area contributed by atoms with Gasteiger partial charge >= 0.3 is 0 Å². The third kappa shape index (κ3) is 1.63. The predicted octanol–water partition coefficient (Wildman–Crippen LogP) is 1.30. The fourth-order valence-electron chi connectivity index (χ4n) is 0.843. The van der Waals surface area contributed by atoms with Gasteiger partial charge in [-0.15, -0.1) is 5.43 Å². The van der Waals surface area contributed by atoms with Gasteiger partial charge in [0.25, 0.3) is 0 Å². The van der Waals surface area contributed by atoms with Crippen LogP contribution in [0.25, 0.3) is 0 Å². The van der Waals surface area contributed by atoms with Crippen LogP contribution in [0.2, 0.25) is 0 Å². The van der Waals surface area contributed by atoms with E-state index in [1.54, 1.807) is 6.92 Å². The van der Waals surface area contributed by atoms with Gasteiger partial charge in [-0.3, -0.25) is 0 Å². The summed E-state index contributed by atoms with van der Waals surface area (Å²) in [6.45, 7) is 1.60. The van der Waals surface area contributed by atoms with E-state index in [1.807, 2.05) is 5.43 Å². The highest BCUT2D eigenvalue weighted by Gasteiger charge is 2.05. The first-order valence-corrected chi connectivity index (χ1v) is 3.31. The molecule has 5 nitrogen and oxygen atoms in total. The molecule has 0 amide bonds. The molecule has 0 aromatic heterocycles. The molecule has 0 atom stereocenters. The number of rotatable bonds is 2. The van der Waals surface area contributed by atoms with E-state index in [2.05, 4.69) is 0 Å². The van der Waals surface area contributed by atoms with Crippen molar-refractivity contribution in [2.45, 2.75) is 6.92 Å². The zero-order valence-electron chi connectivity index (χ0n) is 6.44. The van der Waals surface area contributed by atoms with E-state index in [1.165, 1.54) is 18.2 Å². The molecule has 12 heavy (non-hydrogen) atoms. The number of hydrogen-bond donors (Lipinski definition) is 2. The molecule has 0 radical (unpaired) electrons. The van der Waals surface area contributed by atoms with E-state index < -0.39 is 5.03 Å².